The highest BCUT2D eigenvalue weighted by Crippen LogP contribution is 2.19. The van der Waals surface area contributed by atoms with Crippen LogP contribution in [0.15, 0.2) is 59.1 Å². The van der Waals surface area contributed by atoms with Gasteiger partial charge in [-0.3, -0.25) is 0 Å². The second kappa shape index (κ2) is 6.33. The minimum atomic E-state index is 0.596. The van der Waals surface area contributed by atoms with Crippen molar-refractivity contribution >= 4 is 0 Å². The molecule has 0 fully saturated rings. The Bertz CT molecular complexity index is 690. The Morgan fingerprint density at radius 2 is 1.62 bits per heavy atom. The summed E-state index contributed by atoms with van der Waals surface area (Å²) >= 11 is 0. The van der Waals surface area contributed by atoms with Crippen LogP contribution in [-0.2, 0) is 13.1 Å². The Hall–Kier alpha value is -2.46. The number of aromatic nitrogens is 2. The van der Waals surface area contributed by atoms with Gasteiger partial charge in [-0.15, -0.1) is 0 Å². The highest BCUT2D eigenvalue weighted by atomic mass is 16.5. The Morgan fingerprint density at radius 1 is 0.905 bits per heavy atom. The van der Waals surface area contributed by atoms with Gasteiger partial charge >= 0.3 is 0 Å². The molecular formula is C17H17N3O. The van der Waals surface area contributed by atoms with Crippen molar-refractivity contribution in [2.45, 2.75) is 20.0 Å². The molecule has 0 radical (unpaired) electrons. The van der Waals surface area contributed by atoms with E-state index in [0.29, 0.717) is 18.3 Å². The lowest BCUT2D eigenvalue weighted by atomic mass is 10.0. The topological polar surface area (TPSA) is 51.0 Å². The van der Waals surface area contributed by atoms with E-state index in [2.05, 4.69) is 64.0 Å². The Kier molecular flexibility index (Phi) is 4.07. The summed E-state index contributed by atoms with van der Waals surface area (Å²) in [5, 5.41) is 7.16. The molecule has 1 N–H and O–H groups in total. The van der Waals surface area contributed by atoms with E-state index in [-0.39, 0.29) is 0 Å². The van der Waals surface area contributed by atoms with E-state index in [1.54, 1.807) is 6.92 Å². The zero-order valence-corrected chi connectivity index (χ0v) is 11.9. The van der Waals surface area contributed by atoms with Gasteiger partial charge in [0.1, 0.15) is 0 Å². The van der Waals surface area contributed by atoms with Gasteiger partial charge in [0.15, 0.2) is 5.82 Å². The van der Waals surface area contributed by atoms with Crippen molar-refractivity contribution in [3.63, 3.8) is 0 Å². The van der Waals surface area contributed by atoms with Crippen molar-refractivity contribution in [2.24, 2.45) is 0 Å². The van der Waals surface area contributed by atoms with Crippen molar-refractivity contribution in [1.82, 2.24) is 15.5 Å². The van der Waals surface area contributed by atoms with Crippen molar-refractivity contribution in [2.75, 3.05) is 0 Å². The van der Waals surface area contributed by atoms with E-state index in [0.717, 1.165) is 6.54 Å². The van der Waals surface area contributed by atoms with E-state index < -0.39 is 0 Å². The number of nitrogens with zero attached hydrogens (tertiary/aromatic N) is 2. The van der Waals surface area contributed by atoms with E-state index in [9.17, 15) is 0 Å². The molecule has 0 amide bonds. The zero-order chi connectivity index (χ0) is 14.5. The average Bonchev–Trinajstić information content (AvgIpc) is 2.94. The van der Waals surface area contributed by atoms with Crippen LogP contribution in [0.2, 0.25) is 0 Å². The van der Waals surface area contributed by atoms with Crippen molar-refractivity contribution in [3.05, 3.63) is 71.9 Å². The number of rotatable bonds is 5. The lowest BCUT2D eigenvalue weighted by molar-refractivity contribution is 0.385. The van der Waals surface area contributed by atoms with Crippen molar-refractivity contribution in [3.8, 4) is 11.1 Å². The summed E-state index contributed by atoms with van der Waals surface area (Å²) < 4.78 is 4.93. The van der Waals surface area contributed by atoms with Crippen LogP contribution >= 0.6 is 0 Å². The highest BCUT2D eigenvalue weighted by Gasteiger charge is 2.02. The molecule has 0 aliphatic rings. The second-order valence-electron chi connectivity index (χ2n) is 4.90. The first-order valence-electron chi connectivity index (χ1n) is 6.95. The van der Waals surface area contributed by atoms with Gasteiger partial charge in [0, 0.05) is 13.5 Å². The molecule has 3 rings (SSSR count). The Morgan fingerprint density at radius 3 is 2.29 bits per heavy atom. The molecule has 2 aromatic carbocycles. The van der Waals surface area contributed by atoms with Gasteiger partial charge in [-0.25, -0.2) is 0 Å². The van der Waals surface area contributed by atoms with Crippen LogP contribution < -0.4 is 5.32 Å². The molecule has 1 aromatic heterocycles. The van der Waals surface area contributed by atoms with Crippen LogP contribution in [0, 0.1) is 6.92 Å². The minimum Gasteiger partial charge on any atom is -0.340 e. The van der Waals surface area contributed by atoms with Gasteiger partial charge < -0.3 is 9.84 Å². The number of aryl methyl sites for hydroxylation is 1. The van der Waals surface area contributed by atoms with E-state index in [1.165, 1.54) is 16.7 Å². The van der Waals surface area contributed by atoms with Crippen LogP contribution in [0.5, 0.6) is 0 Å². The maximum Gasteiger partial charge on any atom is 0.223 e. The molecular weight excluding hydrogens is 262 g/mol. The first-order chi connectivity index (χ1) is 10.3. The predicted molar refractivity (Wildman–Crippen MR) is 81.5 cm³/mol. The predicted octanol–water partition coefficient (Wildman–Crippen LogP) is 3.33. The molecule has 0 atom stereocenters. The number of hydrogen-bond acceptors (Lipinski definition) is 4. The molecule has 0 saturated carbocycles. The Balaban J connectivity index is 1.57. The summed E-state index contributed by atoms with van der Waals surface area (Å²) in [6.07, 6.45) is 0. The lowest BCUT2D eigenvalue weighted by Gasteiger charge is -2.05. The fourth-order valence-corrected chi connectivity index (χ4v) is 2.18. The fourth-order valence-electron chi connectivity index (χ4n) is 2.18. The lowest BCUT2D eigenvalue weighted by Crippen LogP contribution is -2.13. The molecule has 3 aromatic rings. The summed E-state index contributed by atoms with van der Waals surface area (Å²) in [6, 6.07) is 18.9. The molecule has 21 heavy (non-hydrogen) atoms. The van der Waals surface area contributed by atoms with Gasteiger partial charge in [-0.2, -0.15) is 4.98 Å². The number of benzene rings is 2. The maximum absolute atomic E-state index is 4.93. The standard InChI is InChI=1S/C17H17N3O/c1-13-19-17(20-21-13)12-18-11-14-7-9-16(10-8-14)15-5-3-2-4-6-15/h2-10,18H,11-12H2,1H3. The molecule has 0 unspecified atom stereocenters. The van der Waals surface area contributed by atoms with Crippen molar-refractivity contribution < 1.29 is 4.52 Å². The molecule has 0 saturated heterocycles. The third-order valence-corrected chi connectivity index (χ3v) is 3.24. The van der Waals surface area contributed by atoms with Gasteiger partial charge in [0.05, 0.1) is 6.54 Å². The average molecular weight is 279 g/mol. The Labute approximate surface area is 123 Å². The van der Waals surface area contributed by atoms with E-state index in [4.69, 9.17) is 4.52 Å². The molecule has 4 heteroatoms. The molecule has 0 aliphatic heterocycles. The van der Waals surface area contributed by atoms with Crippen LogP contribution in [-0.4, -0.2) is 10.1 Å². The molecule has 106 valence electrons. The van der Waals surface area contributed by atoms with Crippen molar-refractivity contribution in [1.29, 1.82) is 0 Å². The SMILES string of the molecule is Cc1nc(CNCc2ccc(-c3ccccc3)cc2)no1. The first-order valence-corrected chi connectivity index (χ1v) is 6.95. The smallest absolute Gasteiger partial charge is 0.223 e. The summed E-state index contributed by atoms with van der Waals surface area (Å²) in [4.78, 5) is 4.16. The van der Waals surface area contributed by atoms with Gasteiger partial charge in [-0.05, 0) is 16.7 Å². The highest BCUT2D eigenvalue weighted by molar-refractivity contribution is 5.63. The molecule has 0 bridgehead atoms. The van der Waals surface area contributed by atoms with Crippen LogP contribution in [0.3, 0.4) is 0 Å². The van der Waals surface area contributed by atoms with Crippen LogP contribution in [0.25, 0.3) is 11.1 Å². The summed E-state index contributed by atoms with van der Waals surface area (Å²) in [6.45, 7) is 3.18. The summed E-state index contributed by atoms with van der Waals surface area (Å²) in [5.74, 6) is 1.28. The summed E-state index contributed by atoms with van der Waals surface area (Å²) in [5.41, 5.74) is 3.70. The quantitative estimate of drug-likeness (QED) is 0.778. The monoisotopic (exact) mass is 279 g/mol. The first kappa shape index (κ1) is 13.5. The van der Waals surface area contributed by atoms with Crippen LogP contribution in [0.1, 0.15) is 17.3 Å². The molecule has 0 aliphatic carbocycles. The van der Waals surface area contributed by atoms with Gasteiger partial charge in [0.2, 0.25) is 5.89 Å². The third-order valence-electron chi connectivity index (χ3n) is 3.24. The maximum atomic E-state index is 4.93. The zero-order valence-electron chi connectivity index (χ0n) is 11.9. The molecule has 0 spiro atoms. The van der Waals surface area contributed by atoms with E-state index >= 15 is 0 Å². The normalized spacial score (nSPS) is 10.7. The minimum absolute atomic E-state index is 0.596. The number of nitrogens with one attached hydrogen (secondary N) is 1. The molecule has 4 nitrogen and oxygen atoms in total. The second-order valence-corrected chi connectivity index (χ2v) is 4.90. The summed E-state index contributed by atoms with van der Waals surface area (Å²) in [7, 11) is 0. The number of hydrogen-bond donors (Lipinski definition) is 1. The fraction of sp³-hybridized carbons (Fsp3) is 0.176. The molecule has 1 heterocycles. The van der Waals surface area contributed by atoms with Gasteiger partial charge in [-0.1, -0.05) is 59.8 Å². The van der Waals surface area contributed by atoms with Gasteiger partial charge in [0.25, 0.3) is 0 Å². The van der Waals surface area contributed by atoms with E-state index in [1.807, 2.05) is 6.07 Å². The largest absolute Gasteiger partial charge is 0.340 e. The van der Waals surface area contributed by atoms with Crippen LogP contribution in [0.4, 0.5) is 0 Å². The third kappa shape index (κ3) is 3.55.